The van der Waals surface area contributed by atoms with Gasteiger partial charge in [-0.3, -0.25) is 0 Å². The molecular formula is C35H61N3O8SSi2. The Bertz CT molecular complexity index is 1380. The Kier molecular flexibility index (Phi) is 17.3. The summed E-state index contributed by atoms with van der Waals surface area (Å²) < 4.78 is 53.9. The van der Waals surface area contributed by atoms with Crippen molar-refractivity contribution >= 4 is 38.0 Å². The molecule has 0 bridgehead atoms. The van der Waals surface area contributed by atoms with Gasteiger partial charge in [-0.25, -0.2) is 13.2 Å². The Balaban J connectivity index is 2.41. The number of nitrogens with one attached hydrogen (secondary N) is 1. The van der Waals surface area contributed by atoms with E-state index in [4.69, 9.17) is 18.9 Å². The average Bonchev–Trinajstić information content (AvgIpc) is 2.98. The Labute approximate surface area is 297 Å². The maximum Gasteiger partial charge on any atom is 0.404 e. The molecule has 0 spiro atoms. The summed E-state index contributed by atoms with van der Waals surface area (Å²) in [6.45, 7) is 18.7. The van der Waals surface area contributed by atoms with Gasteiger partial charge in [-0.2, -0.15) is 4.31 Å². The van der Waals surface area contributed by atoms with Gasteiger partial charge < -0.3 is 34.3 Å². The van der Waals surface area contributed by atoms with E-state index in [-0.39, 0.29) is 37.5 Å². The van der Waals surface area contributed by atoms with Crippen LogP contribution in [-0.2, 0) is 30.7 Å². The standard InChI is InChI=1S/C35H61N3O8SSi2/c1-28(2)24-38(47(41,42)30-16-17-33(32(23-30)37(3)4)45-26-43-18-20-48(5,6)7)25-34(46-27-44-19-21-49(8,9)10)31(36-35(39)40)22-29-14-12-11-13-15-29/h11-17,23,28,31,34,36H,18-22,24-27H2,1-10H3,(H,39,40)/t31-,34-/m0/s1. The van der Waals surface area contributed by atoms with E-state index in [2.05, 4.69) is 44.6 Å². The number of nitrogens with zero attached hydrogens (tertiary/aromatic N) is 2. The molecule has 0 radical (unpaired) electrons. The molecule has 2 rings (SSSR count). The smallest absolute Gasteiger partial charge is 0.404 e. The zero-order valence-electron chi connectivity index (χ0n) is 31.3. The first-order chi connectivity index (χ1) is 22.8. The summed E-state index contributed by atoms with van der Waals surface area (Å²) in [7, 11) is -3.00. The summed E-state index contributed by atoms with van der Waals surface area (Å²) in [5.41, 5.74) is 1.49. The third-order valence-corrected chi connectivity index (χ3v) is 13.0. The summed E-state index contributed by atoms with van der Waals surface area (Å²) in [5, 5.41) is 12.4. The topological polar surface area (TPSA) is 127 Å². The normalized spacial score (nSPS) is 13.8. The van der Waals surface area contributed by atoms with Crippen LogP contribution >= 0.6 is 0 Å². The van der Waals surface area contributed by atoms with Gasteiger partial charge in [0.2, 0.25) is 10.0 Å². The molecule has 2 atom stereocenters. The minimum atomic E-state index is -4.06. The highest BCUT2D eigenvalue weighted by atomic mass is 32.2. The molecule has 0 fully saturated rings. The molecule has 0 saturated heterocycles. The van der Waals surface area contributed by atoms with Crippen LogP contribution in [-0.4, -0.2) is 106 Å². The van der Waals surface area contributed by atoms with Crippen LogP contribution in [0.5, 0.6) is 5.75 Å². The lowest BCUT2D eigenvalue weighted by molar-refractivity contribution is -0.0993. The number of carboxylic acid groups (broad SMARTS) is 1. The van der Waals surface area contributed by atoms with Crippen LogP contribution in [0, 0.1) is 5.92 Å². The lowest BCUT2D eigenvalue weighted by Gasteiger charge is -2.33. The van der Waals surface area contributed by atoms with Gasteiger partial charge in [0.25, 0.3) is 0 Å². The molecule has 0 aliphatic rings. The monoisotopic (exact) mass is 739 g/mol. The van der Waals surface area contributed by atoms with Crippen LogP contribution in [0.1, 0.15) is 19.4 Å². The molecular weight excluding hydrogens is 679 g/mol. The van der Waals surface area contributed by atoms with Crippen molar-refractivity contribution in [3.63, 3.8) is 0 Å². The van der Waals surface area contributed by atoms with Crippen molar-refractivity contribution in [1.82, 2.24) is 9.62 Å². The molecule has 0 unspecified atom stereocenters. The van der Waals surface area contributed by atoms with Crippen molar-refractivity contribution < 1.29 is 37.3 Å². The van der Waals surface area contributed by atoms with Crippen LogP contribution in [0.4, 0.5) is 10.5 Å². The molecule has 2 aromatic rings. The van der Waals surface area contributed by atoms with E-state index in [0.29, 0.717) is 31.1 Å². The SMILES string of the molecule is CC(C)CN(C[C@H](OCOCC[Si](C)(C)C)[C@H](Cc1ccccc1)NC(=O)O)S(=O)(=O)c1ccc(OCOCC[Si](C)(C)C)c(N(C)C)c1. The molecule has 0 heterocycles. The lowest BCUT2D eigenvalue weighted by Crippen LogP contribution is -2.52. The predicted octanol–water partition coefficient (Wildman–Crippen LogP) is 6.67. The number of sulfonamides is 1. The van der Waals surface area contributed by atoms with Crippen LogP contribution < -0.4 is 15.0 Å². The molecule has 49 heavy (non-hydrogen) atoms. The van der Waals surface area contributed by atoms with Crippen LogP contribution in [0.2, 0.25) is 51.4 Å². The van der Waals surface area contributed by atoms with Crippen molar-refractivity contribution in [2.24, 2.45) is 5.92 Å². The maximum absolute atomic E-state index is 14.4. The number of ether oxygens (including phenoxy) is 4. The summed E-state index contributed by atoms with van der Waals surface area (Å²) in [6, 6.07) is 15.5. The van der Waals surface area contributed by atoms with Gasteiger partial charge in [0.1, 0.15) is 12.5 Å². The lowest BCUT2D eigenvalue weighted by atomic mass is 10.0. The van der Waals surface area contributed by atoms with E-state index in [9.17, 15) is 18.3 Å². The minimum Gasteiger partial charge on any atom is -0.465 e. The number of carbonyl (C=O) groups is 1. The van der Waals surface area contributed by atoms with E-state index in [0.717, 1.165) is 17.7 Å². The zero-order chi connectivity index (χ0) is 36.8. The second kappa shape index (κ2) is 19.8. The molecule has 2 N–H and O–H groups in total. The Morgan fingerprint density at radius 2 is 1.47 bits per heavy atom. The molecule has 2 aromatic carbocycles. The average molecular weight is 740 g/mol. The fourth-order valence-electron chi connectivity index (χ4n) is 4.87. The summed E-state index contributed by atoms with van der Waals surface area (Å²) in [6.07, 6.45) is -1.76. The molecule has 0 aromatic heterocycles. The highest BCUT2D eigenvalue weighted by Gasteiger charge is 2.34. The number of hydrogen-bond acceptors (Lipinski definition) is 8. The molecule has 0 saturated carbocycles. The predicted molar refractivity (Wildman–Crippen MR) is 203 cm³/mol. The number of rotatable bonds is 23. The summed E-state index contributed by atoms with van der Waals surface area (Å²) >= 11 is 0. The van der Waals surface area contributed by atoms with Gasteiger partial charge in [0.05, 0.1) is 22.7 Å². The summed E-state index contributed by atoms with van der Waals surface area (Å²) in [5.74, 6) is 0.491. The Morgan fingerprint density at radius 1 is 0.878 bits per heavy atom. The van der Waals surface area contributed by atoms with Crippen LogP contribution in [0.3, 0.4) is 0 Å². The van der Waals surface area contributed by atoms with E-state index >= 15 is 0 Å². The quantitative estimate of drug-likeness (QED) is 0.0731. The highest BCUT2D eigenvalue weighted by molar-refractivity contribution is 7.89. The van der Waals surface area contributed by atoms with Crippen molar-refractivity contribution in [3.8, 4) is 5.75 Å². The van der Waals surface area contributed by atoms with Gasteiger partial charge in [-0.1, -0.05) is 83.5 Å². The molecule has 1 amide bonds. The number of amides is 1. The van der Waals surface area contributed by atoms with Crippen molar-refractivity contribution in [2.45, 2.75) is 88.7 Å². The summed E-state index contributed by atoms with van der Waals surface area (Å²) in [4.78, 5) is 13.9. The molecule has 278 valence electrons. The maximum atomic E-state index is 14.4. The third kappa shape index (κ3) is 16.4. The fraction of sp³-hybridized carbons (Fsp3) is 0.629. The largest absolute Gasteiger partial charge is 0.465 e. The first kappa shape index (κ1) is 42.7. The first-order valence-electron chi connectivity index (χ1n) is 17.0. The molecule has 0 aliphatic heterocycles. The van der Waals surface area contributed by atoms with Gasteiger partial charge in [0.15, 0.2) is 6.79 Å². The number of anilines is 1. The zero-order valence-corrected chi connectivity index (χ0v) is 34.1. The van der Waals surface area contributed by atoms with Gasteiger partial charge in [-0.15, -0.1) is 0 Å². The fourth-order valence-corrected chi connectivity index (χ4v) is 8.02. The van der Waals surface area contributed by atoms with Gasteiger partial charge in [0, 0.05) is 56.5 Å². The highest BCUT2D eigenvalue weighted by Crippen LogP contribution is 2.32. The van der Waals surface area contributed by atoms with E-state index in [1.54, 1.807) is 23.1 Å². The van der Waals surface area contributed by atoms with Crippen LogP contribution in [0.15, 0.2) is 53.4 Å². The van der Waals surface area contributed by atoms with Crippen molar-refractivity contribution in [1.29, 1.82) is 0 Å². The van der Waals surface area contributed by atoms with Crippen molar-refractivity contribution in [3.05, 3.63) is 54.1 Å². The number of benzene rings is 2. The van der Waals surface area contributed by atoms with Crippen LogP contribution in [0.25, 0.3) is 0 Å². The minimum absolute atomic E-state index is 0.0207. The Hall–Kier alpha value is -2.47. The second-order valence-corrected chi connectivity index (χ2v) is 28.7. The Morgan fingerprint density at radius 3 is 2.00 bits per heavy atom. The van der Waals surface area contributed by atoms with Gasteiger partial charge in [-0.05, 0) is 48.2 Å². The van der Waals surface area contributed by atoms with E-state index < -0.39 is 44.4 Å². The number of hydrogen-bond donors (Lipinski definition) is 2. The molecule has 0 aliphatic carbocycles. The van der Waals surface area contributed by atoms with Gasteiger partial charge >= 0.3 is 6.09 Å². The molecule has 11 nitrogen and oxygen atoms in total. The third-order valence-electron chi connectivity index (χ3n) is 7.71. The van der Waals surface area contributed by atoms with E-state index in [1.807, 2.05) is 58.3 Å². The van der Waals surface area contributed by atoms with Crippen molar-refractivity contribution in [2.75, 3.05) is 58.9 Å². The second-order valence-electron chi connectivity index (χ2n) is 15.5. The first-order valence-corrected chi connectivity index (χ1v) is 25.9. The van der Waals surface area contributed by atoms with E-state index in [1.165, 1.54) is 4.31 Å². The molecule has 14 heteroatoms.